The van der Waals surface area contributed by atoms with E-state index in [4.69, 9.17) is 9.47 Å². The Bertz CT molecular complexity index is 803. The molecule has 0 unspecified atom stereocenters. The van der Waals surface area contributed by atoms with Crippen LogP contribution in [0, 0.1) is 12.7 Å². The van der Waals surface area contributed by atoms with Crippen molar-refractivity contribution in [3.8, 4) is 11.5 Å². The molecule has 0 heterocycles. The zero-order chi connectivity index (χ0) is 19.1. The van der Waals surface area contributed by atoms with Crippen LogP contribution in [-0.2, 0) is 13.1 Å². The van der Waals surface area contributed by atoms with E-state index in [1.165, 1.54) is 6.07 Å². The van der Waals surface area contributed by atoms with Crippen molar-refractivity contribution < 1.29 is 13.9 Å². The fourth-order valence-corrected chi connectivity index (χ4v) is 3.13. The molecule has 0 radical (unpaired) electrons. The van der Waals surface area contributed by atoms with E-state index in [0.717, 1.165) is 15.6 Å². The van der Waals surface area contributed by atoms with Gasteiger partial charge in [-0.2, -0.15) is 0 Å². The molecule has 0 bridgehead atoms. The van der Waals surface area contributed by atoms with Gasteiger partial charge in [-0.1, -0.05) is 12.1 Å². The molecule has 0 spiro atoms. The maximum absolute atomic E-state index is 13.3. The molecular formula is C19H24BrFIN3O2. The third kappa shape index (κ3) is 6.53. The minimum absolute atomic E-state index is 0. The molecule has 2 N–H and O–H groups in total. The van der Waals surface area contributed by atoms with Gasteiger partial charge in [-0.15, -0.1) is 24.0 Å². The van der Waals surface area contributed by atoms with Crippen molar-refractivity contribution in [3.05, 3.63) is 57.3 Å². The van der Waals surface area contributed by atoms with E-state index in [0.29, 0.717) is 36.1 Å². The van der Waals surface area contributed by atoms with Gasteiger partial charge in [0.05, 0.1) is 18.7 Å². The molecule has 0 saturated heterocycles. The summed E-state index contributed by atoms with van der Waals surface area (Å²) in [6, 6.07) is 8.93. The number of hydrogen-bond acceptors (Lipinski definition) is 3. The van der Waals surface area contributed by atoms with Crippen molar-refractivity contribution in [1.82, 2.24) is 10.6 Å². The molecule has 0 aromatic heterocycles. The number of guanidine groups is 1. The number of rotatable bonds is 6. The van der Waals surface area contributed by atoms with E-state index >= 15 is 0 Å². The van der Waals surface area contributed by atoms with Crippen molar-refractivity contribution in [2.24, 2.45) is 4.99 Å². The zero-order valence-electron chi connectivity index (χ0n) is 15.7. The number of methoxy groups -OCH3 is 2. The Morgan fingerprint density at radius 1 is 1.07 bits per heavy atom. The fourth-order valence-electron chi connectivity index (χ4n) is 2.48. The van der Waals surface area contributed by atoms with Gasteiger partial charge in [-0.3, -0.25) is 4.99 Å². The molecule has 148 valence electrons. The van der Waals surface area contributed by atoms with Crippen LogP contribution in [0.3, 0.4) is 0 Å². The fraction of sp³-hybridized carbons (Fsp3) is 0.316. The predicted molar refractivity (Wildman–Crippen MR) is 121 cm³/mol. The summed E-state index contributed by atoms with van der Waals surface area (Å²) in [6.07, 6.45) is 0. The van der Waals surface area contributed by atoms with Gasteiger partial charge in [-0.05, 0) is 57.7 Å². The summed E-state index contributed by atoms with van der Waals surface area (Å²) in [5.41, 5.74) is 2.62. The Balaban J connectivity index is 0.00000364. The first-order valence-corrected chi connectivity index (χ1v) is 8.87. The van der Waals surface area contributed by atoms with Crippen LogP contribution >= 0.6 is 39.9 Å². The van der Waals surface area contributed by atoms with Crippen LogP contribution in [0.1, 0.15) is 16.7 Å². The lowest BCUT2D eigenvalue weighted by Crippen LogP contribution is -2.36. The summed E-state index contributed by atoms with van der Waals surface area (Å²) in [5, 5.41) is 6.46. The highest BCUT2D eigenvalue weighted by molar-refractivity contribution is 14.0. The maximum atomic E-state index is 13.3. The van der Waals surface area contributed by atoms with Gasteiger partial charge in [0.2, 0.25) is 0 Å². The van der Waals surface area contributed by atoms with Gasteiger partial charge in [0.25, 0.3) is 0 Å². The third-order valence-electron chi connectivity index (χ3n) is 3.86. The lowest BCUT2D eigenvalue weighted by atomic mass is 10.1. The van der Waals surface area contributed by atoms with Gasteiger partial charge in [-0.25, -0.2) is 4.39 Å². The molecule has 2 aromatic carbocycles. The summed E-state index contributed by atoms with van der Waals surface area (Å²) in [6.45, 7) is 2.86. The van der Waals surface area contributed by atoms with Crippen LogP contribution < -0.4 is 20.1 Å². The molecule has 5 nitrogen and oxygen atoms in total. The van der Waals surface area contributed by atoms with Crippen LogP contribution in [0.2, 0.25) is 0 Å². The number of ether oxygens (including phenoxy) is 2. The molecule has 0 aliphatic heterocycles. The molecule has 27 heavy (non-hydrogen) atoms. The highest BCUT2D eigenvalue weighted by Crippen LogP contribution is 2.36. The molecule has 0 amide bonds. The number of nitrogens with one attached hydrogen (secondary N) is 2. The lowest BCUT2D eigenvalue weighted by molar-refractivity contribution is 0.352. The Hall–Kier alpha value is -1.55. The Labute approximate surface area is 184 Å². The monoisotopic (exact) mass is 551 g/mol. The molecule has 2 rings (SSSR count). The summed E-state index contributed by atoms with van der Waals surface area (Å²) >= 11 is 3.49. The molecule has 0 saturated carbocycles. The first kappa shape index (κ1) is 23.5. The van der Waals surface area contributed by atoms with Gasteiger partial charge in [0.15, 0.2) is 17.5 Å². The molecule has 0 atom stereocenters. The Morgan fingerprint density at radius 3 is 2.30 bits per heavy atom. The number of aryl methyl sites for hydroxylation is 1. The average molecular weight is 552 g/mol. The van der Waals surface area contributed by atoms with E-state index in [9.17, 15) is 4.39 Å². The SMILES string of the molecule is CN=C(NCc1ccc(F)c(C)c1)NCc1cc(Br)c(OC)c(OC)c1.I. The largest absolute Gasteiger partial charge is 0.493 e. The topological polar surface area (TPSA) is 54.9 Å². The molecule has 0 aliphatic carbocycles. The molecule has 8 heteroatoms. The van der Waals surface area contributed by atoms with Gasteiger partial charge in [0, 0.05) is 20.1 Å². The maximum Gasteiger partial charge on any atom is 0.191 e. The van der Waals surface area contributed by atoms with Gasteiger partial charge in [0.1, 0.15) is 5.82 Å². The third-order valence-corrected chi connectivity index (χ3v) is 4.45. The molecule has 2 aromatic rings. The van der Waals surface area contributed by atoms with Crippen LogP contribution in [0.5, 0.6) is 11.5 Å². The second-order valence-corrected chi connectivity index (χ2v) is 6.53. The van der Waals surface area contributed by atoms with Crippen LogP contribution in [0.4, 0.5) is 4.39 Å². The van der Waals surface area contributed by atoms with Crippen molar-refractivity contribution in [3.63, 3.8) is 0 Å². The van der Waals surface area contributed by atoms with Crippen LogP contribution in [-0.4, -0.2) is 27.2 Å². The van der Waals surface area contributed by atoms with Gasteiger partial charge >= 0.3 is 0 Å². The smallest absolute Gasteiger partial charge is 0.191 e. The minimum atomic E-state index is -0.199. The summed E-state index contributed by atoms with van der Waals surface area (Å²) in [5.74, 6) is 1.77. The van der Waals surface area contributed by atoms with E-state index in [1.807, 2.05) is 18.2 Å². The van der Waals surface area contributed by atoms with E-state index in [2.05, 4.69) is 31.6 Å². The number of hydrogen-bond donors (Lipinski definition) is 2. The Morgan fingerprint density at radius 2 is 1.74 bits per heavy atom. The first-order valence-electron chi connectivity index (χ1n) is 8.08. The lowest BCUT2D eigenvalue weighted by Gasteiger charge is -2.15. The van der Waals surface area contributed by atoms with E-state index in [1.54, 1.807) is 34.3 Å². The quantitative estimate of drug-likeness (QED) is 0.317. The van der Waals surface area contributed by atoms with Crippen molar-refractivity contribution >= 4 is 45.9 Å². The van der Waals surface area contributed by atoms with E-state index < -0.39 is 0 Å². The number of halogens is 3. The van der Waals surface area contributed by atoms with Crippen LogP contribution in [0.15, 0.2) is 39.8 Å². The van der Waals surface area contributed by atoms with Gasteiger partial charge < -0.3 is 20.1 Å². The normalized spacial score (nSPS) is 10.8. The van der Waals surface area contributed by atoms with Crippen molar-refractivity contribution in [2.75, 3.05) is 21.3 Å². The van der Waals surface area contributed by atoms with E-state index in [-0.39, 0.29) is 29.8 Å². The van der Waals surface area contributed by atoms with Crippen molar-refractivity contribution in [2.45, 2.75) is 20.0 Å². The molecule has 0 aliphatic rings. The number of aliphatic imine (C=N–C) groups is 1. The Kier molecular flexibility index (Phi) is 9.86. The van der Waals surface area contributed by atoms with Crippen molar-refractivity contribution in [1.29, 1.82) is 0 Å². The average Bonchev–Trinajstić information content (AvgIpc) is 2.64. The zero-order valence-corrected chi connectivity index (χ0v) is 19.6. The van der Waals surface area contributed by atoms with Crippen LogP contribution in [0.25, 0.3) is 0 Å². The number of benzene rings is 2. The second kappa shape index (κ2) is 11.3. The second-order valence-electron chi connectivity index (χ2n) is 5.68. The summed E-state index contributed by atoms with van der Waals surface area (Å²) < 4.78 is 24.8. The molecular weight excluding hydrogens is 528 g/mol. The summed E-state index contributed by atoms with van der Waals surface area (Å²) in [7, 11) is 4.91. The highest BCUT2D eigenvalue weighted by atomic mass is 127. The standard InChI is InChI=1S/C19H23BrFN3O2.HI/c1-12-7-13(5-6-16(12)21)10-23-19(22-2)24-11-14-8-15(20)18(26-4)17(9-14)25-3;/h5-9H,10-11H2,1-4H3,(H2,22,23,24);1H. The predicted octanol–water partition coefficient (Wildman–Crippen LogP) is 4.40. The minimum Gasteiger partial charge on any atom is -0.493 e. The number of nitrogens with zero attached hydrogens (tertiary/aromatic N) is 1. The first-order chi connectivity index (χ1) is 12.5. The molecule has 0 fully saturated rings. The highest BCUT2D eigenvalue weighted by Gasteiger charge is 2.11. The summed E-state index contributed by atoms with van der Waals surface area (Å²) in [4.78, 5) is 4.21.